The van der Waals surface area contributed by atoms with E-state index in [1.54, 1.807) is 17.1 Å². The summed E-state index contributed by atoms with van der Waals surface area (Å²) in [6.45, 7) is 8.40. The smallest absolute Gasteiger partial charge is 0.305 e. The predicted octanol–water partition coefficient (Wildman–Crippen LogP) is 4.76. The number of carbonyl (C=O) groups is 3. The van der Waals surface area contributed by atoms with E-state index in [9.17, 15) is 19.5 Å². The number of amides is 2. The van der Waals surface area contributed by atoms with Gasteiger partial charge in [0.2, 0.25) is 11.8 Å². The number of esters is 1. The van der Waals surface area contributed by atoms with Crippen LogP contribution in [0.2, 0.25) is 0 Å². The molecule has 0 saturated carbocycles. The van der Waals surface area contributed by atoms with Crippen LogP contribution in [0.3, 0.4) is 0 Å². The monoisotopic (exact) mass is 576 g/mol. The van der Waals surface area contributed by atoms with E-state index in [2.05, 4.69) is 18.5 Å². The zero-order valence-electron chi connectivity index (χ0n) is 24.4. The van der Waals surface area contributed by atoms with Crippen LogP contribution in [0.15, 0.2) is 79.9 Å². The number of rotatable bonds is 18. The number of ether oxygens (including phenoxy) is 2. The van der Waals surface area contributed by atoms with Gasteiger partial charge in [-0.2, -0.15) is 0 Å². The van der Waals surface area contributed by atoms with E-state index in [1.807, 2.05) is 54.6 Å². The Morgan fingerprint density at radius 1 is 1.05 bits per heavy atom. The summed E-state index contributed by atoms with van der Waals surface area (Å²) >= 11 is 0. The van der Waals surface area contributed by atoms with Crippen molar-refractivity contribution in [2.45, 2.75) is 70.1 Å². The molecular weight excluding hydrogens is 532 g/mol. The highest BCUT2D eigenvalue weighted by Crippen LogP contribution is 2.24. The number of aliphatic hydroxyl groups is 1. The van der Waals surface area contributed by atoms with Gasteiger partial charge in [0.05, 0.1) is 24.6 Å². The fourth-order valence-electron chi connectivity index (χ4n) is 5.08. The number of unbranched alkanes of at least 4 members (excludes halogenated alkanes) is 1. The van der Waals surface area contributed by atoms with Crippen molar-refractivity contribution in [2.75, 3.05) is 19.8 Å². The molecule has 226 valence electrons. The topological polar surface area (TPSA) is 105 Å². The van der Waals surface area contributed by atoms with Crippen molar-refractivity contribution in [3.05, 3.63) is 91.0 Å². The number of aliphatic hydroxyl groups excluding tert-OH is 1. The number of hydrogen-bond donors (Lipinski definition) is 2. The molecule has 1 fully saturated rings. The first-order chi connectivity index (χ1) is 20.4. The Hall–Kier alpha value is -3.91. The summed E-state index contributed by atoms with van der Waals surface area (Å²) in [5.74, 6) is -0.557. The van der Waals surface area contributed by atoms with Gasteiger partial charge in [0.1, 0.15) is 19.0 Å². The molecule has 0 aromatic heterocycles. The van der Waals surface area contributed by atoms with Crippen LogP contribution in [0.5, 0.6) is 5.75 Å². The lowest BCUT2D eigenvalue weighted by Crippen LogP contribution is -2.45. The molecule has 3 unspecified atom stereocenters. The lowest BCUT2D eigenvalue weighted by molar-refractivity contribution is -0.148. The number of carbonyl (C=O) groups excluding carboxylic acids is 3. The number of hydrogen-bond acceptors (Lipinski definition) is 6. The van der Waals surface area contributed by atoms with Gasteiger partial charge in [-0.15, -0.1) is 13.2 Å². The first-order valence-corrected chi connectivity index (χ1v) is 14.8. The highest BCUT2D eigenvalue weighted by atomic mass is 16.5. The van der Waals surface area contributed by atoms with Gasteiger partial charge in [-0.25, -0.2) is 0 Å². The lowest BCUT2D eigenvalue weighted by atomic mass is 9.98. The average molecular weight is 577 g/mol. The van der Waals surface area contributed by atoms with Crippen molar-refractivity contribution in [3.63, 3.8) is 0 Å². The van der Waals surface area contributed by atoms with E-state index >= 15 is 0 Å². The number of allylic oxidation sites excluding steroid dienone is 2. The molecule has 0 spiro atoms. The molecule has 2 N–H and O–H groups in total. The summed E-state index contributed by atoms with van der Waals surface area (Å²) in [4.78, 5) is 40.2. The molecule has 0 bridgehead atoms. The highest BCUT2D eigenvalue weighted by Gasteiger charge is 2.34. The van der Waals surface area contributed by atoms with Crippen LogP contribution in [0, 0.1) is 5.92 Å². The van der Waals surface area contributed by atoms with Gasteiger partial charge >= 0.3 is 5.97 Å². The zero-order chi connectivity index (χ0) is 30.2. The molecule has 2 aromatic carbocycles. The fraction of sp³-hybridized carbons (Fsp3) is 0.441. The number of likely N-dealkylation sites (tertiary alicyclic amines) is 1. The number of nitrogens with zero attached hydrogens (tertiary/aromatic N) is 1. The SMILES string of the molecule is C=CCCCC(=O)OCC1CCCN1C(=O)C(CC=C)CC(=O)NC(CO)Cc1ccc(OCc2ccccc2)cc1. The van der Waals surface area contributed by atoms with E-state index in [1.165, 1.54) is 0 Å². The summed E-state index contributed by atoms with van der Waals surface area (Å²) in [7, 11) is 0. The van der Waals surface area contributed by atoms with Crippen LogP contribution >= 0.6 is 0 Å². The molecular formula is C34H44N2O6. The lowest BCUT2D eigenvalue weighted by Gasteiger charge is -2.28. The Morgan fingerprint density at radius 2 is 1.81 bits per heavy atom. The van der Waals surface area contributed by atoms with Crippen LogP contribution in [-0.4, -0.2) is 59.6 Å². The maximum absolute atomic E-state index is 13.4. The molecule has 3 atom stereocenters. The minimum atomic E-state index is -0.577. The Morgan fingerprint density at radius 3 is 2.50 bits per heavy atom. The largest absolute Gasteiger partial charge is 0.489 e. The van der Waals surface area contributed by atoms with Crippen LogP contribution in [0.25, 0.3) is 0 Å². The third-order valence-electron chi connectivity index (χ3n) is 7.36. The van der Waals surface area contributed by atoms with Crippen LogP contribution in [-0.2, 0) is 32.1 Å². The van der Waals surface area contributed by atoms with Gasteiger partial charge in [0, 0.05) is 19.4 Å². The maximum Gasteiger partial charge on any atom is 0.305 e. The number of benzene rings is 2. The van der Waals surface area contributed by atoms with Gasteiger partial charge in [0.25, 0.3) is 0 Å². The first kappa shape index (κ1) is 32.6. The van der Waals surface area contributed by atoms with Crippen molar-refractivity contribution in [1.82, 2.24) is 10.2 Å². The van der Waals surface area contributed by atoms with Gasteiger partial charge in [-0.3, -0.25) is 14.4 Å². The summed E-state index contributed by atoms with van der Waals surface area (Å²) in [6.07, 6.45) is 7.52. The Balaban J connectivity index is 1.49. The van der Waals surface area contributed by atoms with E-state index < -0.39 is 12.0 Å². The molecule has 1 saturated heterocycles. The average Bonchev–Trinajstić information content (AvgIpc) is 3.48. The molecule has 2 aromatic rings. The minimum absolute atomic E-state index is 0.0157. The Bertz CT molecular complexity index is 1150. The van der Waals surface area contributed by atoms with Crippen LogP contribution < -0.4 is 10.1 Å². The van der Waals surface area contributed by atoms with Gasteiger partial charge in [-0.1, -0.05) is 54.6 Å². The van der Waals surface area contributed by atoms with Crippen molar-refractivity contribution < 1.29 is 29.0 Å². The Kier molecular flexibility index (Phi) is 13.8. The van der Waals surface area contributed by atoms with Gasteiger partial charge in [0.15, 0.2) is 0 Å². The second-order valence-electron chi connectivity index (χ2n) is 10.7. The second-order valence-corrected chi connectivity index (χ2v) is 10.7. The molecule has 0 aliphatic carbocycles. The molecule has 1 aliphatic rings. The molecule has 1 aliphatic heterocycles. The summed E-state index contributed by atoms with van der Waals surface area (Å²) in [6, 6.07) is 16.8. The molecule has 1 heterocycles. The molecule has 8 heteroatoms. The molecule has 8 nitrogen and oxygen atoms in total. The van der Waals surface area contributed by atoms with Crippen molar-refractivity contribution >= 4 is 17.8 Å². The molecule has 0 radical (unpaired) electrons. The quantitative estimate of drug-likeness (QED) is 0.151. The first-order valence-electron chi connectivity index (χ1n) is 14.8. The van der Waals surface area contributed by atoms with E-state index in [0.717, 1.165) is 36.1 Å². The van der Waals surface area contributed by atoms with Crippen LogP contribution in [0.4, 0.5) is 0 Å². The third kappa shape index (κ3) is 10.8. The zero-order valence-corrected chi connectivity index (χ0v) is 24.4. The summed E-state index contributed by atoms with van der Waals surface area (Å²) in [5.41, 5.74) is 2.02. The summed E-state index contributed by atoms with van der Waals surface area (Å²) in [5, 5.41) is 12.8. The Labute approximate surface area is 249 Å². The normalized spacial score (nSPS) is 15.8. The summed E-state index contributed by atoms with van der Waals surface area (Å²) < 4.78 is 11.3. The molecule has 42 heavy (non-hydrogen) atoms. The highest BCUT2D eigenvalue weighted by molar-refractivity contribution is 5.86. The van der Waals surface area contributed by atoms with Crippen molar-refractivity contribution in [3.8, 4) is 5.75 Å². The maximum atomic E-state index is 13.4. The number of nitrogens with one attached hydrogen (secondary N) is 1. The van der Waals surface area contributed by atoms with Crippen LogP contribution in [0.1, 0.15) is 56.1 Å². The van der Waals surface area contributed by atoms with Crippen molar-refractivity contribution in [2.24, 2.45) is 5.92 Å². The van der Waals surface area contributed by atoms with E-state index in [0.29, 0.717) is 38.8 Å². The molecule has 2 amide bonds. The minimum Gasteiger partial charge on any atom is -0.489 e. The second kappa shape index (κ2) is 17.8. The standard InChI is InChI=1S/C34H44N2O6/c1-3-5-7-15-33(39)42-25-30-14-10-20-36(30)34(40)28(11-4-2)22-32(38)35-29(23-37)21-26-16-18-31(19-17-26)41-24-27-12-8-6-9-13-27/h3-4,6,8-9,12-13,16-19,28-30,37H,1-2,5,7,10-11,14-15,20-25H2,(H,35,38). The predicted molar refractivity (Wildman–Crippen MR) is 163 cm³/mol. The van der Waals surface area contributed by atoms with Gasteiger partial charge in [-0.05, 0) is 61.8 Å². The van der Waals surface area contributed by atoms with Gasteiger partial charge < -0.3 is 24.8 Å². The molecule has 3 rings (SSSR count). The van der Waals surface area contributed by atoms with Crippen molar-refractivity contribution in [1.29, 1.82) is 0 Å². The third-order valence-corrected chi connectivity index (χ3v) is 7.36. The van der Waals surface area contributed by atoms with E-state index in [-0.39, 0.29) is 43.5 Å². The van der Waals surface area contributed by atoms with E-state index in [4.69, 9.17) is 9.47 Å². The fourth-order valence-corrected chi connectivity index (χ4v) is 5.08.